The van der Waals surface area contributed by atoms with Gasteiger partial charge < -0.3 is 19.4 Å². The molecule has 31 heavy (non-hydrogen) atoms. The molecule has 0 atom stereocenters. The van der Waals surface area contributed by atoms with Gasteiger partial charge in [-0.3, -0.25) is 4.79 Å². The zero-order chi connectivity index (χ0) is 22.5. The molecule has 0 unspecified atom stereocenters. The number of carboxylic acids is 1. The lowest BCUT2D eigenvalue weighted by molar-refractivity contribution is -0.136. The molecule has 6 heteroatoms. The molecule has 0 saturated carbocycles. The van der Waals surface area contributed by atoms with Crippen molar-refractivity contribution in [2.45, 2.75) is 33.3 Å². The number of oxime groups is 1. The topological polar surface area (TPSA) is 77.4 Å². The highest BCUT2D eigenvalue weighted by atomic mass is 16.6. The fourth-order valence-electron chi connectivity index (χ4n) is 2.82. The number of benzene rings is 2. The molecule has 0 radical (unpaired) electrons. The van der Waals surface area contributed by atoms with Crippen molar-refractivity contribution in [2.75, 3.05) is 13.7 Å². The van der Waals surface area contributed by atoms with Crippen molar-refractivity contribution < 1.29 is 24.2 Å². The van der Waals surface area contributed by atoms with E-state index in [9.17, 15) is 4.79 Å². The third kappa shape index (κ3) is 8.38. The van der Waals surface area contributed by atoms with Crippen LogP contribution in [0.4, 0.5) is 0 Å². The number of hydrogen-bond acceptors (Lipinski definition) is 5. The van der Waals surface area contributed by atoms with Gasteiger partial charge in [0.05, 0.1) is 0 Å². The maximum absolute atomic E-state index is 10.6. The molecule has 0 aliphatic rings. The second-order valence-corrected chi connectivity index (χ2v) is 6.72. The predicted molar refractivity (Wildman–Crippen MR) is 122 cm³/mol. The number of hydrogen-bond donors (Lipinski definition) is 1. The number of ether oxygens (including phenoxy) is 2. The van der Waals surface area contributed by atoms with Crippen LogP contribution in [-0.4, -0.2) is 30.5 Å². The van der Waals surface area contributed by atoms with E-state index in [2.05, 4.69) is 5.16 Å². The van der Waals surface area contributed by atoms with E-state index in [1.165, 1.54) is 7.11 Å². The lowest BCUT2D eigenvalue weighted by Crippen LogP contribution is -2.14. The molecule has 0 saturated heterocycles. The van der Waals surface area contributed by atoms with E-state index in [4.69, 9.17) is 19.4 Å². The summed E-state index contributed by atoms with van der Waals surface area (Å²) in [7, 11) is 1.52. The Morgan fingerprint density at radius 3 is 2.13 bits per heavy atom. The zero-order valence-corrected chi connectivity index (χ0v) is 18.2. The van der Waals surface area contributed by atoms with Gasteiger partial charge in [0.2, 0.25) is 0 Å². The Morgan fingerprint density at radius 1 is 0.968 bits per heavy atom. The van der Waals surface area contributed by atoms with Crippen molar-refractivity contribution in [3.63, 3.8) is 0 Å². The lowest BCUT2D eigenvalue weighted by atomic mass is 10.1. The van der Waals surface area contributed by atoms with Crippen molar-refractivity contribution in [1.82, 2.24) is 0 Å². The van der Waals surface area contributed by atoms with Gasteiger partial charge in [-0.05, 0) is 61.2 Å². The van der Waals surface area contributed by atoms with E-state index < -0.39 is 5.97 Å². The van der Waals surface area contributed by atoms with Crippen LogP contribution in [0.25, 0.3) is 0 Å². The van der Waals surface area contributed by atoms with Gasteiger partial charge in [0.25, 0.3) is 0 Å². The molecular weight excluding hydrogens is 394 g/mol. The molecule has 0 aliphatic heterocycles. The molecule has 2 aromatic rings. The Labute approximate surface area is 183 Å². The first-order valence-electron chi connectivity index (χ1n) is 10.1. The summed E-state index contributed by atoms with van der Waals surface area (Å²) >= 11 is 0. The average molecular weight is 424 g/mol. The third-order valence-corrected chi connectivity index (χ3v) is 4.45. The van der Waals surface area contributed by atoms with Gasteiger partial charge in [-0.15, -0.1) is 0 Å². The first-order chi connectivity index (χ1) is 15.0. The smallest absolute Gasteiger partial charge is 0.303 e. The summed E-state index contributed by atoms with van der Waals surface area (Å²) in [6, 6.07) is 15.2. The van der Waals surface area contributed by atoms with E-state index in [-0.39, 0.29) is 6.42 Å². The van der Waals surface area contributed by atoms with E-state index >= 15 is 0 Å². The van der Waals surface area contributed by atoms with Gasteiger partial charge in [0, 0.05) is 6.42 Å². The fraction of sp³-hybridized carbons (Fsp3) is 0.280. The van der Waals surface area contributed by atoms with Crippen molar-refractivity contribution in [3.05, 3.63) is 83.5 Å². The Kier molecular flexibility index (Phi) is 9.88. The Morgan fingerprint density at radius 2 is 1.58 bits per heavy atom. The summed E-state index contributed by atoms with van der Waals surface area (Å²) in [6.07, 6.45) is 6.50. The number of carboxylic acid groups (broad SMARTS) is 1. The van der Waals surface area contributed by atoms with E-state index in [1.54, 1.807) is 0 Å². The Balaban J connectivity index is 1.87. The summed E-state index contributed by atoms with van der Waals surface area (Å²) in [5.74, 6) is 0.670. The Bertz CT molecular complexity index is 912. The largest absolute Gasteiger partial charge is 0.489 e. The van der Waals surface area contributed by atoms with Crippen LogP contribution in [0.15, 0.2) is 77.5 Å². The van der Waals surface area contributed by atoms with Gasteiger partial charge in [0.15, 0.2) is 0 Å². The minimum atomic E-state index is -0.796. The molecule has 0 aliphatic carbocycles. The predicted octanol–water partition coefficient (Wildman–Crippen LogP) is 5.19. The summed E-state index contributed by atoms with van der Waals surface area (Å²) in [4.78, 5) is 15.6. The maximum atomic E-state index is 10.6. The van der Waals surface area contributed by atoms with Gasteiger partial charge in [-0.1, -0.05) is 47.6 Å². The first-order valence-corrected chi connectivity index (χ1v) is 10.1. The van der Waals surface area contributed by atoms with Crippen LogP contribution < -0.4 is 9.47 Å². The highest BCUT2D eigenvalue weighted by Crippen LogP contribution is 2.17. The molecule has 6 nitrogen and oxygen atoms in total. The number of aryl methyl sites for hydroxylation is 1. The minimum Gasteiger partial charge on any atom is -0.489 e. The molecule has 0 aromatic heterocycles. The van der Waals surface area contributed by atoms with E-state index in [1.807, 2.05) is 80.6 Å². The molecular formula is C25H29NO5. The van der Waals surface area contributed by atoms with Gasteiger partial charge in [-0.2, -0.15) is 0 Å². The quantitative estimate of drug-likeness (QED) is 0.289. The van der Waals surface area contributed by atoms with E-state index in [0.717, 1.165) is 28.2 Å². The number of allylic oxidation sites excluding steroid dienone is 3. The highest BCUT2D eigenvalue weighted by Gasteiger charge is 2.07. The monoisotopic (exact) mass is 423 g/mol. The van der Waals surface area contributed by atoms with Crippen LogP contribution in [0.1, 0.15) is 31.4 Å². The van der Waals surface area contributed by atoms with Crippen molar-refractivity contribution in [2.24, 2.45) is 5.16 Å². The number of rotatable bonds is 12. The minimum absolute atomic E-state index is 0.124. The molecule has 0 fully saturated rings. The van der Waals surface area contributed by atoms with Crippen LogP contribution in [0.2, 0.25) is 0 Å². The van der Waals surface area contributed by atoms with E-state index in [0.29, 0.717) is 25.3 Å². The zero-order valence-electron chi connectivity index (χ0n) is 18.2. The lowest BCUT2D eigenvalue weighted by Gasteiger charge is -2.11. The van der Waals surface area contributed by atoms with Crippen molar-refractivity contribution >= 4 is 11.7 Å². The summed E-state index contributed by atoms with van der Waals surface area (Å²) < 4.78 is 11.7. The highest BCUT2D eigenvalue weighted by molar-refractivity contribution is 6.03. The SMILES string of the molecule is CC=CC(=CC)C(COc1ccc(COc2ccc(CCC(=O)O)cc2)cc1)=NOC. The van der Waals surface area contributed by atoms with Gasteiger partial charge >= 0.3 is 5.97 Å². The molecule has 0 heterocycles. The maximum Gasteiger partial charge on any atom is 0.303 e. The number of aliphatic carboxylic acids is 1. The number of carbonyl (C=O) groups is 1. The van der Waals surface area contributed by atoms with Gasteiger partial charge in [-0.25, -0.2) is 0 Å². The molecule has 1 N–H and O–H groups in total. The summed E-state index contributed by atoms with van der Waals surface area (Å²) in [5, 5.41) is 12.8. The molecule has 2 aromatic carbocycles. The molecule has 0 amide bonds. The van der Waals surface area contributed by atoms with Crippen LogP contribution >= 0.6 is 0 Å². The first kappa shape index (κ1) is 23.7. The van der Waals surface area contributed by atoms with Crippen molar-refractivity contribution in [3.8, 4) is 11.5 Å². The molecule has 164 valence electrons. The molecule has 0 bridgehead atoms. The fourth-order valence-corrected chi connectivity index (χ4v) is 2.82. The van der Waals surface area contributed by atoms with Crippen LogP contribution in [0.5, 0.6) is 11.5 Å². The second-order valence-electron chi connectivity index (χ2n) is 6.72. The molecule has 2 rings (SSSR count). The third-order valence-electron chi connectivity index (χ3n) is 4.45. The van der Waals surface area contributed by atoms with Crippen LogP contribution in [-0.2, 0) is 22.7 Å². The normalized spacial score (nSPS) is 12.1. The Hall–Kier alpha value is -3.54. The second kappa shape index (κ2) is 12.9. The van der Waals surface area contributed by atoms with Crippen molar-refractivity contribution in [1.29, 1.82) is 0 Å². The summed E-state index contributed by atoms with van der Waals surface area (Å²) in [6.45, 7) is 4.61. The standard InChI is InChI=1S/C25H29NO5/c1-4-6-21(5-2)24(26-29-3)18-31-23-14-9-20(10-15-23)17-30-22-12-7-19(8-13-22)11-16-25(27)28/h4-10,12-15H,11,16-18H2,1-3H3,(H,27,28). The summed E-state index contributed by atoms with van der Waals surface area (Å²) in [5.41, 5.74) is 3.64. The average Bonchev–Trinajstić information content (AvgIpc) is 2.79. The number of nitrogens with zero attached hydrogens (tertiary/aromatic N) is 1. The van der Waals surface area contributed by atoms with Crippen LogP contribution in [0, 0.1) is 0 Å². The van der Waals surface area contributed by atoms with Crippen LogP contribution in [0.3, 0.4) is 0 Å². The van der Waals surface area contributed by atoms with Gasteiger partial charge in [0.1, 0.15) is 37.5 Å². The molecule has 0 spiro atoms.